The molecule has 0 aliphatic carbocycles. The van der Waals surface area contributed by atoms with Gasteiger partial charge in [0.2, 0.25) is 0 Å². The maximum Gasteiger partial charge on any atom is 0.144 e. The van der Waals surface area contributed by atoms with Crippen LogP contribution in [0.15, 0.2) is 66.7 Å². The van der Waals surface area contributed by atoms with Crippen LogP contribution in [0.5, 0.6) is 5.75 Å². The fourth-order valence-corrected chi connectivity index (χ4v) is 4.71. The summed E-state index contributed by atoms with van der Waals surface area (Å²) in [5, 5.41) is 13.4. The van der Waals surface area contributed by atoms with E-state index in [4.69, 9.17) is 0 Å². The van der Waals surface area contributed by atoms with Crippen LogP contribution < -0.4 is 10.6 Å². The Morgan fingerprint density at radius 1 is 0.850 bits per heavy atom. The van der Waals surface area contributed by atoms with Crippen molar-refractivity contribution >= 4 is 28.5 Å². The second kappa shape index (κ2) is 4.81. The van der Waals surface area contributed by atoms with Crippen LogP contribution in [-0.4, -0.2) is 11.8 Å². The Morgan fingerprint density at radius 3 is 2.25 bits per heavy atom. The summed E-state index contributed by atoms with van der Waals surface area (Å²) < 4.78 is 13.3. The summed E-state index contributed by atoms with van der Waals surface area (Å²) in [4.78, 5) is 0. The SMILES string of the molecule is C[P@@](=O)(c1ccccc1)c1c(O)ccc2ccccc12. The van der Waals surface area contributed by atoms with E-state index in [1.54, 1.807) is 12.7 Å². The molecular formula is C17H15O2P. The van der Waals surface area contributed by atoms with Gasteiger partial charge in [0.15, 0.2) is 0 Å². The van der Waals surface area contributed by atoms with Crippen molar-refractivity contribution in [3.8, 4) is 5.75 Å². The number of phenolic OH excluding ortho intramolecular Hbond substituents is 1. The molecule has 0 fully saturated rings. The maximum atomic E-state index is 13.3. The number of benzene rings is 3. The molecule has 3 rings (SSSR count). The van der Waals surface area contributed by atoms with Crippen LogP contribution in [0, 0.1) is 0 Å². The van der Waals surface area contributed by atoms with E-state index in [0.29, 0.717) is 5.30 Å². The molecule has 0 saturated heterocycles. The summed E-state index contributed by atoms with van der Waals surface area (Å²) in [6, 6.07) is 20.5. The first kappa shape index (κ1) is 13.0. The lowest BCUT2D eigenvalue weighted by atomic mass is 10.1. The van der Waals surface area contributed by atoms with Crippen LogP contribution in [0.4, 0.5) is 0 Å². The molecule has 0 spiro atoms. The molecule has 0 aliphatic heterocycles. The summed E-state index contributed by atoms with van der Waals surface area (Å²) >= 11 is 0. The van der Waals surface area contributed by atoms with Crippen molar-refractivity contribution in [2.24, 2.45) is 0 Å². The second-order valence-corrected chi connectivity index (χ2v) is 7.73. The van der Waals surface area contributed by atoms with Crippen LogP contribution in [0.25, 0.3) is 10.8 Å². The van der Waals surface area contributed by atoms with E-state index in [1.807, 2.05) is 60.7 Å². The van der Waals surface area contributed by atoms with Crippen molar-refractivity contribution in [3.63, 3.8) is 0 Å². The molecule has 20 heavy (non-hydrogen) atoms. The molecule has 3 heteroatoms. The Hall–Kier alpha value is -2.05. The monoisotopic (exact) mass is 282 g/mol. The fraction of sp³-hybridized carbons (Fsp3) is 0.0588. The first-order valence-electron chi connectivity index (χ1n) is 6.45. The Balaban J connectivity index is 2.34. The van der Waals surface area contributed by atoms with Gasteiger partial charge in [-0.1, -0.05) is 60.7 Å². The second-order valence-electron chi connectivity index (χ2n) is 4.91. The third-order valence-electron chi connectivity index (χ3n) is 3.55. The molecule has 1 atom stereocenters. The van der Waals surface area contributed by atoms with Crippen LogP contribution in [0.3, 0.4) is 0 Å². The topological polar surface area (TPSA) is 37.3 Å². The summed E-state index contributed by atoms with van der Waals surface area (Å²) in [5.41, 5.74) is 0. The third kappa shape index (κ3) is 2.03. The Bertz CT molecular complexity index is 810. The van der Waals surface area contributed by atoms with E-state index in [-0.39, 0.29) is 5.75 Å². The van der Waals surface area contributed by atoms with Gasteiger partial charge < -0.3 is 9.67 Å². The van der Waals surface area contributed by atoms with Crippen LogP contribution >= 0.6 is 7.14 Å². The van der Waals surface area contributed by atoms with Gasteiger partial charge in [-0.25, -0.2) is 0 Å². The number of hydrogen-bond donors (Lipinski definition) is 1. The number of rotatable bonds is 2. The highest BCUT2D eigenvalue weighted by Gasteiger charge is 2.26. The highest BCUT2D eigenvalue weighted by Crippen LogP contribution is 2.44. The van der Waals surface area contributed by atoms with E-state index in [9.17, 15) is 9.67 Å². The lowest BCUT2D eigenvalue weighted by Gasteiger charge is -2.17. The first-order chi connectivity index (χ1) is 9.60. The number of fused-ring (bicyclic) bond motifs is 1. The van der Waals surface area contributed by atoms with E-state index in [0.717, 1.165) is 16.1 Å². The summed E-state index contributed by atoms with van der Waals surface area (Å²) in [6.07, 6.45) is 0. The van der Waals surface area contributed by atoms with E-state index < -0.39 is 7.14 Å². The molecule has 0 aliphatic rings. The molecule has 1 N–H and O–H groups in total. The molecule has 0 radical (unpaired) electrons. The normalized spacial score (nSPS) is 14.1. The molecule has 0 bridgehead atoms. The smallest absolute Gasteiger partial charge is 0.144 e. The molecule has 0 aromatic heterocycles. The molecule has 3 aromatic rings. The van der Waals surface area contributed by atoms with Gasteiger partial charge in [-0.2, -0.15) is 0 Å². The summed E-state index contributed by atoms with van der Waals surface area (Å²) in [7, 11) is -2.83. The van der Waals surface area contributed by atoms with Crippen molar-refractivity contribution in [1.29, 1.82) is 0 Å². The fourth-order valence-electron chi connectivity index (χ4n) is 2.53. The molecule has 0 unspecified atom stereocenters. The molecule has 2 nitrogen and oxygen atoms in total. The van der Waals surface area contributed by atoms with Gasteiger partial charge in [0.05, 0.1) is 5.30 Å². The van der Waals surface area contributed by atoms with Crippen molar-refractivity contribution in [2.45, 2.75) is 0 Å². The minimum Gasteiger partial charge on any atom is -0.507 e. The van der Waals surface area contributed by atoms with Gasteiger partial charge in [-0.3, -0.25) is 0 Å². The minimum atomic E-state index is -2.83. The van der Waals surface area contributed by atoms with Crippen LogP contribution in [-0.2, 0) is 4.57 Å². The molecule has 100 valence electrons. The molecule has 0 amide bonds. The van der Waals surface area contributed by atoms with E-state index >= 15 is 0 Å². The van der Waals surface area contributed by atoms with Crippen molar-refractivity contribution in [3.05, 3.63) is 66.7 Å². The van der Waals surface area contributed by atoms with E-state index in [1.165, 1.54) is 0 Å². The number of phenols is 1. The van der Waals surface area contributed by atoms with Gasteiger partial charge >= 0.3 is 0 Å². The lowest BCUT2D eigenvalue weighted by molar-refractivity contribution is 0.479. The lowest BCUT2D eigenvalue weighted by Crippen LogP contribution is -2.16. The zero-order valence-corrected chi connectivity index (χ0v) is 12.0. The number of hydrogen-bond acceptors (Lipinski definition) is 2. The average molecular weight is 282 g/mol. The molecular weight excluding hydrogens is 267 g/mol. The zero-order chi connectivity index (χ0) is 14.2. The average Bonchev–Trinajstić information content (AvgIpc) is 2.47. The third-order valence-corrected chi connectivity index (χ3v) is 6.16. The largest absolute Gasteiger partial charge is 0.507 e. The number of aromatic hydroxyl groups is 1. The van der Waals surface area contributed by atoms with Crippen molar-refractivity contribution < 1.29 is 9.67 Å². The highest BCUT2D eigenvalue weighted by molar-refractivity contribution is 7.78. The summed E-state index contributed by atoms with van der Waals surface area (Å²) in [5.74, 6) is 0.0957. The predicted molar refractivity (Wildman–Crippen MR) is 84.9 cm³/mol. The maximum absolute atomic E-state index is 13.3. The van der Waals surface area contributed by atoms with Gasteiger partial charge in [-0.15, -0.1) is 0 Å². The Labute approximate surface area is 118 Å². The zero-order valence-electron chi connectivity index (χ0n) is 11.2. The quantitative estimate of drug-likeness (QED) is 0.731. The van der Waals surface area contributed by atoms with Crippen molar-refractivity contribution in [1.82, 2.24) is 0 Å². The van der Waals surface area contributed by atoms with Crippen LogP contribution in [0.1, 0.15) is 0 Å². The summed E-state index contributed by atoms with van der Waals surface area (Å²) in [6.45, 7) is 1.71. The highest BCUT2D eigenvalue weighted by atomic mass is 31.2. The van der Waals surface area contributed by atoms with Gasteiger partial charge in [0.25, 0.3) is 0 Å². The molecule has 0 heterocycles. The first-order valence-corrected chi connectivity index (χ1v) is 8.60. The molecule has 0 saturated carbocycles. The van der Waals surface area contributed by atoms with Crippen LogP contribution in [0.2, 0.25) is 0 Å². The van der Waals surface area contributed by atoms with Gasteiger partial charge in [-0.05, 0) is 23.5 Å². The predicted octanol–water partition coefficient (Wildman–Crippen LogP) is 3.49. The Kier molecular flexibility index (Phi) is 3.11. The van der Waals surface area contributed by atoms with E-state index in [2.05, 4.69) is 0 Å². The standard InChI is InChI=1S/C17H15O2P/c1-20(19,14-8-3-2-4-9-14)17-15-10-6-5-7-13(15)11-12-16(17)18/h2-12,18H,1H3/t20-/m1/s1. The van der Waals surface area contributed by atoms with Gasteiger partial charge in [0, 0.05) is 5.30 Å². The van der Waals surface area contributed by atoms with Gasteiger partial charge in [0.1, 0.15) is 12.9 Å². The molecule has 3 aromatic carbocycles. The van der Waals surface area contributed by atoms with Crippen molar-refractivity contribution in [2.75, 3.05) is 6.66 Å². The minimum absolute atomic E-state index is 0.0957. The Morgan fingerprint density at radius 2 is 1.50 bits per heavy atom.